The van der Waals surface area contributed by atoms with Crippen LogP contribution in [0.25, 0.3) is 0 Å². The lowest BCUT2D eigenvalue weighted by molar-refractivity contribution is -0.120. The smallest absolute Gasteiger partial charge is 0.226 e. The molecule has 0 saturated heterocycles. The molecule has 0 bridgehead atoms. The molecule has 0 radical (unpaired) electrons. The minimum Gasteiger partial charge on any atom is -0.352 e. The van der Waals surface area contributed by atoms with Gasteiger partial charge in [-0.25, -0.2) is 0 Å². The molecule has 1 rings (SSSR count). The molecule has 1 N–H and O–H groups in total. The molecular weight excluding hydrogens is 188 g/mol. The van der Waals surface area contributed by atoms with Gasteiger partial charge in [-0.2, -0.15) is 0 Å². The van der Waals surface area contributed by atoms with Crippen LogP contribution in [0.2, 0.25) is 0 Å². The largest absolute Gasteiger partial charge is 0.352 e. The van der Waals surface area contributed by atoms with E-state index in [1.807, 2.05) is 25.1 Å². The minimum absolute atomic E-state index is 0.0108. The highest BCUT2D eigenvalue weighted by atomic mass is 16.1. The van der Waals surface area contributed by atoms with Gasteiger partial charge in [0.25, 0.3) is 0 Å². The van der Waals surface area contributed by atoms with Gasteiger partial charge >= 0.3 is 0 Å². The van der Waals surface area contributed by atoms with Crippen molar-refractivity contribution in [1.29, 1.82) is 0 Å². The summed E-state index contributed by atoms with van der Waals surface area (Å²) in [7, 11) is 0. The third kappa shape index (κ3) is 4.40. The van der Waals surface area contributed by atoms with Crippen LogP contribution in [0.15, 0.2) is 36.5 Å². The second-order valence-electron chi connectivity index (χ2n) is 3.38. The summed E-state index contributed by atoms with van der Waals surface area (Å²) in [5, 5.41) is 2.80. The van der Waals surface area contributed by atoms with Crippen LogP contribution >= 0.6 is 0 Å². The van der Waals surface area contributed by atoms with Crippen molar-refractivity contribution in [2.45, 2.75) is 19.8 Å². The highest BCUT2D eigenvalue weighted by molar-refractivity contribution is 5.78. The molecule has 0 aliphatic carbocycles. The summed E-state index contributed by atoms with van der Waals surface area (Å²) in [5.41, 5.74) is 1.82. The monoisotopic (exact) mass is 204 g/mol. The van der Waals surface area contributed by atoms with E-state index >= 15 is 0 Å². The molecule has 3 heteroatoms. The quantitative estimate of drug-likeness (QED) is 0.742. The van der Waals surface area contributed by atoms with Gasteiger partial charge in [0, 0.05) is 18.4 Å². The SMILES string of the molecule is C=C(CC)CNC(=O)Cc1ccccn1. The summed E-state index contributed by atoms with van der Waals surface area (Å²) < 4.78 is 0. The first-order valence-electron chi connectivity index (χ1n) is 5.05. The van der Waals surface area contributed by atoms with E-state index in [0.29, 0.717) is 13.0 Å². The summed E-state index contributed by atoms with van der Waals surface area (Å²) in [5.74, 6) is -0.0108. The Balaban J connectivity index is 2.34. The van der Waals surface area contributed by atoms with Crippen LogP contribution in [-0.2, 0) is 11.2 Å². The molecule has 15 heavy (non-hydrogen) atoms. The van der Waals surface area contributed by atoms with E-state index in [1.54, 1.807) is 6.20 Å². The molecule has 80 valence electrons. The second-order valence-corrected chi connectivity index (χ2v) is 3.38. The van der Waals surface area contributed by atoms with Crippen molar-refractivity contribution in [3.05, 3.63) is 42.2 Å². The normalized spacial score (nSPS) is 9.67. The fourth-order valence-corrected chi connectivity index (χ4v) is 1.08. The molecule has 0 atom stereocenters. The Morgan fingerprint density at radius 2 is 2.33 bits per heavy atom. The molecule has 0 aliphatic heterocycles. The van der Waals surface area contributed by atoms with Gasteiger partial charge in [-0.3, -0.25) is 9.78 Å². The predicted molar refractivity (Wildman–Crippen MR) is 60.4 cm³/mol. The molecule has 1 aromatic heterocycles. The van der Waals surface area contributed by atoms with Gasteiger partial charge < -0.3 is 5.32 Å². The van der Waals surface area contributed by atoms with Gasteiger partial charge in [0.15, 0.2) is 0 Å². The standard InChI is InChI=1S/C12H16N2O/c1-3-10(2)9-14-12(15)8-11-6-4-5-7-13-11/h4-7H,2-3,8-9H2,1H3,(H,14,15). The maximum absolute atomic E-state index is 11.4. The first kappa shape index (κ1) is 11.4. The van der Waals surface area contributed by atoms with Gasteiger partial charge in [-0.15, -0.1) is 0 Å². The van der Waals surface area contributed by atoms with E-state index in [2.05, 4.69) is 16.9 Å². The highest BCUT2D eigenvalue weighted by Crippen LogP contribution is 1.96. The summed E-state index contributed by atoms with van der Waals surface area (Å²) in [6.07, 6.45) is 2.91. The van der Waals surface area contributed by atoms with E-state index < -0.39 is 0 Å². The first-order chi connectivity index (χ1) is 7.22. The number of aromatic nitrogens is 1. The Morgan fingerprint density at radius 3 is 2.93 bits per heavy atom. The molecule has 0 saturated carbocycles. The van der Waals surface area contributed by atoms with Crippen LogP contribution in [0.3, 0.4) is 0 Å². The molecular formula is C12H16N2O. The highest BCUT2D eigenvalue weighted by Gasteiger charge is 2.03. The van der Waals surface area contributed by atoms with Gasteiger partial charge in [-0.05, 0) is 18.6 Å². The van der Waals surface area contributed by atoms with E-state index in [9.17, 15) is 4.79 Å². The average molecular weight is 204 g/mol. The van der Waals surface area contributed by atoms with E-state index in [1.165, 1.54) is 0 Å². The van der Waals surface area contributed by atoms with Gasteiger partial charge in [-0.1, -0.05) is 25.1 Å². The second kappa shape index (κ2) is 5.96. The van der Waals surface area contributed by atoms with Crippen molar-refractivity contribution >= 4 is 5.91 Å². The van der Waals surface area contributed by atoms with Crippen LogP contribution < -0.4 is 5.32 Å². The zero-order chi connectivity index (χ0) is 11.1. The zero-order valence-electron chi connectivity index (χ0n) is 8.99. The number of rotatable bonds is 5. The molecule has 1 aromatic rings. The number of carbonyl (C=O) groups is 1. The van der Waals surface area contributed by atoms with Crippen LogP contribution in [0, 0.1) is 0 Å². The molecule has 1 amide bonds. The van der Waals surface area contributed by atoms with Crippen molar-refractivity contribution in [3.63, 3.8) is 0 Å². The minimum atomic E-state index is -0.0108. The van der Waals surface area contributed by atoms with Gasteiger partial charge in [0.1, 0.15) is 0 Å². The molecule has 0 unspecified atom stereocenters. The molecule has 0 fully saturated rings. The first-order valence-corrected chi connectivity index (χ1v) is 5.05. The number of nitrogens with one attached hydrogen (secondary N) is 1. The third-order valence-electron chi connectivity index (χ3n) is 2.10. The Hall–Kier alpha value is -1.64. The zero-order valence-corrected chi connectivity index (χ0v) is 8.99. The van der Waals surface area contributed by atoms with Crippen molar-refractivity contribution in [2.24, 2.45) is 0 Å². The van der Waals surface area contributed by atoms with E-state index in [4.69, 9.17) is 0 Å². The predicted octanol–water partition coefficient (Wildman–Crippen LogP) is 1.71. The van der Waals surface area contributed by atoms with Crippen LogP contribution in [-0.4, -0.2) is 17.4 Å². The maximum atomic E-state index is 11.4. The number of hydrogen-bond acceptors (Lipinski definition) is 2. The lowest BCUT2D eigenvalue weighted by Gasteiger charge is -2.05. The Bertz CT molecular complexity index is 333. The summed E-state index contributed by atoms with van der Waals surface area (Å²) in [6.45, 7) is 6.40. The molecule has 0 aliphatic rings. The van der Waals surface area contributed by atoms with Gasteiger partial charge in [0.2, 0.25) is 5.91 Å². The molecule has 1 heterocycles. The van der Waals surface area contributed by atoms with Crippen LogP contribution in [0.4, 0.5) is 0 Å². The summed E-state index contributed by atoms with van der Waals surface area (Å²) in [4.78, 5) is 15.5. The van der Waals surface area contributed by atoms with Crippen molar-refractivity contribution in [3.8, 4) is 0 Å². The van der Waals surface area contributed by atoms with Crippen molar-refractivity contribution < 1.29 is 4.79 Å². The van der Waals surface area contributed by atoms with Crippen LogP contribution in [0.1, 0.15) is 19.0 Å². The Morgan fingerprint density at radius 1 is 1.53 bits per heavy atom. The lowest BCUT2D eigenvalue weighted by atomic mass is 10.2. The van der Waals surface area contributed by atoms with E-state index in [0.717, 1.165) is 17.7 Å². The Kier molecular flexibility index (Phi) is 4.54. The number of amides is 1. The molecule has 0 spiro atoms. The van der Waals surface area contributed by atoms with Crippen molar-refractivity contribution in [2.75, 3.05) is 6.54 Å². The average Bonchev–Trinajstić information content (AvgIpc) is 2.27. The number of hydrogen-bond donors (Lipinski definition) is 1. The maximum Gasteiger partial charge on any atom is 0.226 e. The van der Waals surface area contributed by atoms with Crippen LogP contribution in [0.5, 0.6) is 0 Å². The fraction of sp³-hybridized carbons (Fsp3) is 0.333. The summed E-state index contributed by atoms with van der Waals surface area (Å²) >= 11 is 0. The summed E-state index contributed by atoms with van der Waals surface area (Å²) in [6, 6.07) is 5.55. The number of nitrogens with zero attached hydrogens (tertiary/aromatic N) is 1. The third-order valence-corrected chi connectivity index (χ3v) is 2.10. The molecule has 3 nitrogen and oxygen atoms in total. The topological polar surface area (TPSA) is 42.0 Å². The lowest BCUT2D eigenvalue weighted by Crippen LogP contribution is -2.27. The fourth-order valence-electron chi connectivity index (χ4n) is 1.08. The Labute approximate surface area is 90.2 Å². The number of pyridine rings is 1. The van der Waals surface area contributed by atoms with Crippen molar-refractivity contribution in [1.82, 2.24) is 10.3 Å². The van der Waals surface area contributed by atoms with E-state index in [-0.39, 0.29) is 5.91 Å². The number of carbonyl (C=O) groups excluding carboxylic acids is 1. The molecule has 0 aromatic carbocycles. The van der Waals surface area contributed by atoms with Gasteiger partial charge in [0.05, 0.1) is 6.42 Å².